The van der Waals surface area contributed by atoms with E-state index in [1.54, 1.807) is 19.5 Å². The number of methoxy groups -OCH3 is 1. The maximum absolute atomic E-state index is 6.09. The van der Waals surface area contributed by atoms with Gasteiger partial charge in [-0.25, -0.2) is 9.97 Å². The lowest BCUT2D eigenvalue weighted by Crippen LogP contribution is -2.17. The van der Waals surface area contributed by atoms with Gasteiger partial charge in [-0.1, -0.05) is 35.9 Å². The van der Waals surface area contributed by atoms with Crippen LogP contribution in [0.15, 0.2) is 73.1 Å². The Morgan fingerprint density at radius 1 is 0.861 bits per heavy atom. The number of benzene rings is 2. The highest BCUT2D eigenvalue weighted by molar-refractivity contribution is 6.30. The van der Waals surface area contributed by atoms with E-state index >= 15 is 0 Å². The van der Waals surface area contributed by atoms with Crippen molar-refractivity contribution in [2.45, 2.75) is 32.5 Å². The molecule has 0 aliphatic carbocycles. The zero-order valence-corrected chi connectivity index (χ0v) is 21.0. The van der Waals surface area contributed by atoms with Crippen LogP contribution in [0.3, 0.4) is 0 Å². The molecule has 0 fully saturated rings. The average molecular weight is 505 g/mol. The number of hydrogen-bond acceptors (Lipinski definition) is 8. The summed E-state index contributed by atoms with van der Waals surface area (Å²) in [5.41, 5.74) is 9.11. The second-order valence-corrected chi connectivity index (χ2v) is 8.84. The number of rotatable bonds is 11. The molecule has 4 N–H and O–H groups in total. The van der Waals surface area contributed by atoms with E-state index < -0.39 is 0 Å². The molecule has 0 aliphatic heterocycles. The summed E-state index contributed by atoms with van der Waals surface area (Å²) in [6, 6.07) is 19.7. The summed E-state index contributed by atoms with van der Waals surface area (Å²) in [5, 5.41) is 7.06. The van der Waals surface area contributed by atoms with Crippen molar-refractivity contribution >= 4 is 23.4 Å². The fraction of sp³-hybridized carbons (Fsp3) is 0.222. The third-order valence-electron chi connectivity index (χ3n) is 5.27. The summed E-state index contributed by atoms with van der Waals surface area (Å²) in [4.78, 5) is 13.0. The van der Waals surface area contributed by atoms with Crippen LogP contribution in [0.4, 0.5) is 11.8 Å². The summed E-state index contributed by atoms with van der Waals surface area (Å²) in [6.07, 6.45) is 3.91. The highest BCUT2D eigenvalue weighted by atomic mass is 35.5. The predicted molar refractivity (Wildman–Crippen MR) is 143 cm³/mol. The van der Waals surface area contributed by atoms with E-state index in [0.717, 1.165) is 28.9 Å². The molecule has 1 unspecified atom stereocenters. The van der Waals surface area contributed by atoms with E-state index in [9.17, 15) is 0 Å². The number of halogens is 1. The molecule has 0 saturated carbocycles. The van der Waals surface area contributed by atoms with Crippen LogP contribution in [-0.4, -0.2) is 28.1 Å². The summed E-state index contributed by atoms with van der Waals surface area (Å²) >= 11 is 5.88. The van der Waals surface area contributed by atoms with Gasteiger partial charge in [0.15, 0.2) is 0 Å². The molecule has 0 spiro atoms. The number of nitrogens with two attached hydrogens (primary N) is 1. The Morgan fingerprint density at radius 2 is 1.50 bits per heavy atom. The van der Waals surface area contributed by atoms with Crippen molar-refractivity contribution < 1.29 is 9.47 Å². The molecular formula is C27H29ClN6O2. The van der Waals surface area contributed by atoms with Gasteiger partial charge in [0.05, 0.1) is 24.5 Å². The smallest absolute Gasteiger partial charge is 0.222 e. The standard InChI is InChI=1S/C27H29ClN6O2/c1-18(29)11-19-3-9-24(10-4-19)36-26-13-21(15-31-27-32-16-22(28)17-33-27)12-25(34-26)30-14-20-5-7-23(35-2)8-6-20/h3-10,12-13,16-18H,11,14-15,29H2,1-2H3,(H,30,34)(H,31,32,33). The van der Waals surface area contributed by atoms with E-state index in [2.05, 4.69) is 25.6 Å². The van der Waals surface area contributed by atoms with Gasteiger partial charge in [-0.2, -0.15) is 4.98 Å². The number of hydrogen-bond donors (Lipinski definition) is 3. The second-order valence-electron chi connectivity index (χ2n) is 8.41. The molecule has 9 heteroatoms. The minimum atomic E-state index is 0.103. The van der Waals surface area contributed by atoms with Crippen LogP contribution >= 0.6 is 11.6 Å². The Kier molecular flexibility index (Phi) is 8.54. The normalized spacial score (nSPS) is 11.6. The number of aromatic nitrogens is 3. The highest BCUT2D eigenvalue weighted by Gasteiger charge is 2.08. The van der Waals surface area contributed by atoms with Crippen LogP contribution < -0.4 is 25.8 Å². The molecule has 2 heterocycles. The number of anilines is 2. The van der Waals surface area contributed by atoms with Crippen LogP contribution in [0, 0.1) is 0 Å². The van der Waals surface area contributed by atoms with E-state index in [4.69, 9.17) is 26.8 Å². The molecule has 36 heavy (non-hydrogen) atoms. The van der Waals surface area contributed by atoms with Gasteiger partial charge in [0.2, 0.25) is 11.8 Å². The van der Waals surface area contributed by atoms with Crippen molar-refractivity contribution in [3.63, 3.8) is 0 Å². The lowest BCUT2D eigenvalue weighted by atomic mass is 10.1. The summed E-state index contributed by atoms with van der Waals surface area (Å²) in [7, 11) is 1.65. The zero-order valence-electron chi connectivity index (χ0n) is 20.2. The van der Waals surface area contributed by atoms with Gasteiger partial charge in [0, 0.05) is 25.2 Å². The van der Waals surface area contributed by atoms with E-state index in [0.29, 0.717) is 41.5 Å². The van der Waals surface area contributed by atoms with Gasteiger partial charge in [-0.05, 0) is 60.4 Å². The van der Waals surface area contributed by atoms with Crippen molar-refractivity contribution in [3.05, 3.63) is 94.8 Å². The molecule has 0 amide bonds. The minimum Gasteiger partial charge on any atom is -0.497 e. The Hall–Kier alpha value is -3.88. The number of ether oxygens (including phenoxy) is 2. The van der Waals surface area contributed by atoms with Gasteiger partial charge in [0.1, 0.15) is 17.3 Å². The molecule has 0 bridgehead atoms. The van der Waals surface area contributed by atoms with Gasteiger partial charge in [0.25, 0.3) is 0 Å². The van der Waals surface area contributed by atoms with Crippen LogP contribution in [0.25, 0.3) is 0 Å². The molecule has 0 saturated heterocycles. The van der Waals surface area contributed by atoms with Crippen molar-refractivity contribution in [3.8, 4) is 17.4 Å². The van der Waals surface area contributed by atoms with Gasteiger partial charge < -0.3 is 25.8 Å². The van der Waals surface area contributed by atoms with E-state index in [1.807, 2.05) is 67.6 Å². The third kappa shape index (κ3) is 7.56. The predicted octanol–water partition coefficient (Wildman–Crippen LogP) is 5.44. The first-order chi connectivity index (χ1) is 17.5. The molecule has 186 valence electrons. The molecule has 0 radical (unpaired) electrons. The van der Waals surface area contributed by atoms with Crippen molar-refractivity contribution in [1.82, 2.24) is 15.0 Å². The summed E-state index contributed by atoms with van der Waals surface area (Å²) < 4.78 is 11.3. The van der Waals surface area contributed by atoms with Crippen molar-refractivity contribution in [2.24, 2.45) is 5.73 Å². The molecule has 8 nitrogen and oxygen atoms in total. The molecule has 2 aromatic heterocycles. The van der Waals surface area contributed by atoms with E-state index in [-0.39, 0.29) is 6.04 Å². The Morgan fingerprint density at radius 3 is 2.17 bits per heavy atom. The second kappa shape index (κ2) is 12.2. The first-order valence-electron chi connectivity index (χ1n) is 11.6. The average Bonchev–Trinajstić information content (AvgIpc) is 2.88. The fourth-order valence-corrected chi connectivity index (χ4v) is 3.61. The molecule has 4 aromatic rings. The summed E-state index contributed by atoms with van der Waals surface area (Å²) in [6.45, 7) is 3.06. The quantitative estimate of drug-likeness (QED) is 0.248. The molecule has 1 atom stereocenters. The Bertz CT molecular complexity index is 1250. The van der Waals surface area contributed by atoms with Crippen molar-refractivity contribution in [1.29, 1.82) is 0 Å². The number of nitrogens with zero attached hydrogens (tertiary/aromatic N) is 3. The maximum atomic E-state index is 6.09. The fourth-order valence-electron chi connectivity index (χ4n) is 3.51. The minimum absolute atomic E-state index is 0.103. The maximum Gasteiger partial charge on any atom is 0.222 e. The first kappa shape index (κ1) is 25.2. The first-order valence-corrected chi connectivity index (χ1v) is 12.0. The Labute approximate surface area is 215 Å². The van der Waals surface area contributed by atoms with Gasteiger partial charge in [-0.3, -0.25) is 0 Å². The highest BCUT2D eigenvalue weighted by Crippen LogP contribution is 2.24. The SMILES string of the molecule is COc1ccc(CNc2cc(CNc3ncc(Cl)cn3)cc(Oc3ccc(CC(C)N)cc3)n2)cc1. The lowest BCUT2D eigenvalue weighted by Gasteiger charge is -2.13. The van der Waals surface area contributed by atoms with Crippen LogP contribution in [0.1, 0.15) is 23.6 Å². The zero-order chi connectivity index (χ0) is 25.3. The van der Waals surface area contributed by atoms with Crippen LogP contribution in [0.5, 0.6) is 17.4 Å². The molecule has 4 rings (SSSR count). The number of pyridine rings is 1. The Balaban J connectivity index is 1.50. The monoisotopic (exact) mass is 504 g/mol. The van der Waals surface area contributed by atoms with Crippen LogP contribution in [0.2, 0.25) is 5.02 Å². The summed E-state index contributed by atoms with van der Waals surface area (Å²) in [5.74, 6) is 3.16. The molecular weight excluding hydrogens is 476 g/mol. The molecule has 2 aromatic carbocycles. The van der Waals surface area contributed by atoms with Gasteiger partial charge >= 0.3 is 0 Å². The number of nitrogens with one attached hydrogen (secondary N) is 2. The molecule has 0 aliphatic rings. The third-order valence-corrected chi connectivity index (χ3v) is 5.46. The van der Waals surface area contributed by atoms with Gasteiger partial charge in [-0.15, -0.1) is 0 Å². The topological polar surface area (TPSA) is 107 Å². The largest absolute Gasteiger partial charge is 0.497 e. The van der Waals surface area contributed by atoms with E-state index in [1.165, 1.54) is 0 Å². The van der Waals surface area contributed by atoms with Crippen LogP contribution in [-0.2, 0) is 19.5 Å². The van der Waals surface area contributed by atoms with Crippen molar-refractivity contribution in [2.75, 3.05) is 17.7 Å². The lowest BCUT2D eigenvalue weighted by molar-refractivity contribution is 0.414.